The molecule has 1 heterocycles. The van der Waals surface area contributed by atoms with E-state index in [1.165, 1.54) is 0 Å². The van der Waals surface area contributed by atoms with Crippen LogP contribution in [0.3, 0.4) is 0 Å². The highest BCUT2D eigenvalue weighted by atomic mass is 16.1. The second kappa shape index (κ2) is 5.96. The zero-order chi connectivity index (χ0) is 14.6. The zero-order valence-corrected chi connectivity index (χ0v) is 12.2. The quantitative estimate of drug-likeness (QED) is 0.631. The van der Waals surface area contributed by atoms with Gasteiger partial charge >= 0.3 is 0 Å². The van der Waals surface area contributed by atoms with E-state index in [1.807, 2.05) is 24.3 Å². The molecule has 1 aromatic carbocycles. The third-order valence-corrected chi connectivity index (χ3v) is 2.90. The van der Waals surface area contributed by atoms with Gasteiger partial charge in [-0.1, -0.05) is 12.1 Å². The summed E-state index contributed by atoms with van der Waals surface area (Å²) in [5.74, 6) is 0. The van der Waals surface area contributed by atoms with E-state index in [4.69, 9.17) is 0 Å². The number of anilines is 1. The number of aromatic amines is 2. The molecule has 0 fully saturated rings. The average Bonchev–Trinajstić information content (AvgIpc) is 2.81. The number of H-pyrrole nitrogens is 2. The van der Waals surface area contributed by atoms with Crippen LogP contribution in [0.25, 0.3) is 11.3 Å². The molecule has 108 valence electrons. The summed E-state index contributed by atoms with van der Waals surface area (Å²) in [5, 5.41) is 12.2. The Labute approximate surface area is 118 Å². The first-order chi connectivity index (χ1) is 9.44. The Balaban J connectivity index is 1.87. The van der Waals surface area contributed by atoms with Gasteiger partial charge in [0.1, 0.15) is 0 Å². The molecule has 0 amide bonds. The molecule has 0 aliphatic heterocycles. The van der Waals surface area contributed by atoms with E-state index in [0.717, 1.165) is 30.0 Å². The van der Waals surface area contributed by atoms with Crippen molar-refractivity contribution in [2.45, 2.75) is 26.3 Å². The molecule has 0 saturated heterocycles. The van der Waals surface area contributed by atoms with Gasteiger partial charge in [-0.05, 0) is 38.5 Å². The lowest BCUT2D eigenvalue weighted by molar-refractivity contribution is 0.435. The molecule has 5 nitrogen and oxygen atoms in total. The van der Waals surface area contributed by atoms with Crippen LogP contribution in [-0.4, -0.2) is 28.8 Å². The number of hydrogen-bond acceptors (Lipinski definition) is 3. The topological polar surface area (TPSA) is 72.7 Å². The van der Waals surface area contributed by atoms with Gasteiger partial charge in [-0.2, -0.15) is 0 Å². The Bertz CT molecular complexity index is 589. The molecule has 1 aromatic heterocycles. The molecular formula is C15H22N4O. The lowest BCUT2D eigenvalue weighted by Gasteiger charge is -2.20. The summed E-state index contributed by atoms with van der Waals surface area (Å²) in [6, 6.07) is 9.54. The first-order valence-electron chi connectivity index (χ1n) is 6.81. The van der Waals surface area contributed by atoms with Gasteiger partial charge in [-0.25, -0.2) is 0 Å². The third-order valence-electron chi connectivity index (χ3n) is 2.90. The van der Waals surface area contributed by atoms with Crippen molar-refractivity contribution in [1.82, 2.24) is 15.5 Å². The maximum Gasteiger partial charge on any atom is 0.264 e. The molecule has 0 unspecified atom stereocenters. The van der Waals surface area contributed by atoms with Crippen molar-refractivity contribution in [1.29, 1.82) is 0 Å². The number of rotatable bonds is 5. The van der Waals surface area contributed by atoms with Gasteiger partial charge < -0.3 is 10.6 Å². The van der Waals surface area contributed by atoms with Crippen molar-refractivity contribution in [3.8, 4) is 11.3 Å². The van der Waals surface area contributed by atoms with Crippen molar-refractivity contribution in [2.75, 3.05) is 18.4 Å². The number of aromatic nitrogens is 2. The first-order valence-corrected chi connectivity index (χ1v) is 6.81. The van der Waals surface area contributed by atoms with Crippen LogP contribution in [0.2, 0.25) is 0 Å². The molecule has 0 aliphatic rings. The van der Waals surface area contributed by atoms with Gasteiger partial charge in [0.05, 0.1) is 5.69 Å². The minimum atomic E-state index is -0.115. The van der Waals surface area contributed by atoms with Crippen molar-refractivity contribution in [2.24, 2.45) is 0 Å². The van der Waals surface area contributed by atoms with Crippen molar-refractivity contribution in [3.63, 3.8) is 0 Å². The van der Waals surface area contributed by atoms with Gasteiger partial charge in [0, 0.05) is 30.4 Å². The summed E-state index contributed by atoms with van der Waals surface area (Å²) in [6.45, 7) is 8.24. The normalized spacial score (nSPS) is 11.6. The monoisotopic (exact) mass is 274 g/mol. The highest BCUT2D eigenvalue weighted by Crippen LogP contribution is 2.17. The molecule has 0 radical (unpaired) electrons. The molecule has 20 heavy (non-hydrogen) atoms. The molecule has 4 N–H and O–H groups in total. The van der Waals surface area contributed by atoms with Crippen LogP contribution in [-0.2, 0) is 0 Å². The van der Waals surface area contributed by atoms with E-state index >= 15 is 0 Å². The second-order valence-corrected chi connectivity index (χ2v) is 5.85. The minimum absolute atomic E-state index is 0.115. The largest absolute Gasteiger partial charge is 0.384 e. The average molecular weight is 274 g/mol. The molecule has 5 heteroatoms. The van der Waals surface area contributed by atoms with Gasteiger partial charge in [-0.15, -0.1) is 0 Å². The summed E-state index contributed by atoms with van der Waals surface area (Å²) in [6.07, 6.45) is 0. The number of benzene rings is 1. The summed E-state index contributed by atoms with van der Waals surface area (Å²) in [4.78, 5) is 11.1. The minimum Gasteiger partial charge on any atom is -0.384 e. The molecule has 0 saturated carbocycles. The number of hydrogen-bond donors (Lipinski definition) is 4. The van der Waals surface area contributed by atoms with Gasteiger partial charge in [-0.3, -0.25) is 15.0 Å². The van der Waals surface area contributed by atoms with Crippen molar-refractivity contribution < 1.29 is 0 Å². The van der Waals surface area contributed by atoms with Crippen LogP contribution in [0, 0.1) is 0 Å². The summed E-state index contributed by atoms with van der Waals surface area (Å²) < 4.78 is 0. The van der Waals surface area contributed by atoms with Crippen LogP contribution in [0.4, 0.5) is 5.69 Å². The van der Waals surface area contributed by atoms with Crippen LogP contribution in [0.5, 0.6) is 0 Å². The van der Waals surface area contributed by atoms with Crippen molar-refractivity contribution in [3.05, 3.63) is 40.7 Å². The van der Waals surface area contributed by atoms with Gasteiger partial charge in [0.2, 0.25) is 0 Å². The Morgan fingerprint density at radius 3 is 2.30 bits per heavy atom. The number of nitrogens with one attached hydrogen (secondary N) is 4. The molecule has 0 atom stereocenters. The standard InChI is InChI=1S/C15H22N4O/c1-15(2,3)17-9-8-16-12-6-4-11(5-7-12)13-10-14(20)19-18-13/h4-7,10,16-17H,8-9H2,1-3H3,(H2,18,19,20). The first kappa shape index (κ1) is 14.4. The fraction of sp³-hybridized carbons (Fsp3) is 0.400. The molecular weight excluding hydrogens is 252 g/mol. The highest BCUT2D eigenvalue weighted by molar-refractivity contribution is 5.62. The SMILES string of the molecule is CC(C)(C)NCCNc1ccc(-c2cc(=O)[nH][nH]2)cc1. The lowest BCUT2D eigenvalue weighted by Crippen LogP contribution is -2.38. The van der Waals surface area contributed by atoms with E-state index in [0.29, 0.717) is 0 Å². The Morgan fingerprint density at radius 1 is 1.05 bits per heavy atom. The van der Waals surface area contributed by atoms with Crippen molar-refractivity contribution >= 4 is 5.69 Å². The van der Waals surface area contributed by atoms with E-state index in [2.05, 4.69) is 41.6 Å². The third kappa shape index (κ3) is 4.28. The summed E-state index contributed by atoms with van der Waals surface area (Å²) in [7, 11) is 0. The summed E-state index contributed by atoms with van der Waals surface area (Å²) in [5.41, 5.74) is 2.89. The van der Waals surface area contributed by atoms with Gasteiger partial charge in [0.15, 0.2) is 0 Å². The van der Waals surface area contributed by atoms with Crippen LogP contribution in [0.1, 0.15) is 20.8 Å². The molecule has 0 aliphatic carbocycles. The van der Waals surface area contributed by atoms with E-state index in [-0.39, 0.29) is 11.1 Å². The van der Waals surface area contributed by atoms with E-state index in [1.54, 1.807) is 6.07 Å². The maximum absolute atomic E-state index is 11.1. The Hall–Kier alpha value is -2.01. The molecule has 2 rings (SSSR count). The van der Waals surface area contributed by atoms with E-state index in [9.17, 15) is 4.79 Å². The highest BCUT2D eigenvalue weighted by Gasteiger charge is 2.07. The fourth-order valence-electron chi connectivity index (χ4n) is 1.90. The van der Waals surface area contributed by atoms with Crippen LogP contribution in [0.15, 0.2) is 35.1 Å². The summed E-state index contributed by atoms with van der Waals surface area (Å²) >= 11 is 0. The fourth-order valence-corrected chi connectivity index (χ4v) is 1.90. The predicted octanol–water partition coefficient (Wildman–Crippen LogP) is 2.17. The Morgan fingerprint density at radius 2 is 1.75 bits per heavy atom. The Kier molecular flexibility index (Phi) is 4.29. The zero-order valence-electron chi connectivity index (χ0n) is 12.2. The predicted molar refractivity (Wildman–Crippen MR) is 83.1 cm³/mol. The molecule has 0 spiro atoms. The molecule has 2 aromatic rings. The van der Waals surface area contributed by atoms with Crippen LogP contribution >= 0.6 is 0 Å². The molecule has 0 bridgehead atoms. The van der Waals surface area contributed by atoms with Crippen LogP contribution < -0.4 is 16.2 Å². The smallest absolute Gasteiger partial charge is 0.264 e. The maximum atomic E-state index is 11.1. The second-order valence-electron chi connectivity index (χ2n) is 5.85. The van der Waals surface area contributed by atoms with E-state index < -0.39 is 0 Å². The van der Waals surface area contributed by atoms with Gasteiger partial charge in [0.25, 0.3) is 5.56 Å². The lowest BCUT2D eigenvalue weighted by atomic mass is 10.1.